The van der Waals surface area contributed by atoms with Gasteiger partial charge >= 0.3 is 0 Å². The summed E-state index contributed by atoms with van der Waals surface area (Å²) in [4.78, 5) is 17.8. The van der Waals surface area contributed by atoms with Crippen molar-refractivity contribution in [3.63, 3.8) is 0 Å². The molecule has 7 rings (SSSR count). The van der Waals surface area contributed by atoms with E-state index in [9.17, 15) is 27.4 Å². The number of aliphatic hydroxyl groups excluding tert-OH is 1. The van der Waals surface area contributed by atoms with Crippen LogP contribution in [0, 0.1) is 0 Å². The zero-order valence-electron chi connectivity index (χ0n) is 27.3. The van der Waals surface area contributed by atoms with Crippen LogP contribution >= 0.6 is 0 Å². The first-order chi connectivity index (χ1) is 25.3. The van der Waals surface area contributed by atoms with Gasteiger partial charge in [-0.15, -0.1) is 0 Å². The van der Waals surface area contributed by atoms with E-state index in [2.05, 4.69) is 9.44 Å². The van der Waals surface area contributed by atoms with Gasteiger partial charge in [0.05, 0.1) is 22.9 Å². The van der Waals surface area contributed by atoms with Crippen molar-refractivity contribution in [1.29, 1.82) is 0 Å². The fourth-order valence-corrected chi connectivity index (χ4v) is 7.12. The molecule has 2 aliphatic carbocycles. The zero-order valence-corrected chi connectivity index (χ0v) is 28.9. The molecule has 10 nitrogen and oxygen atoms in total. The van der Waals surface area contributed by atoms with E-state index in [4.69, 9.17) is 0 Å². The largest absolute Gasteiger partial charge is 0.760 e. The number of hydrogen-bond acceptors (Lipinski definition) is 8. The summed E-state index contributed by atoms with van der Waals surface area (Å²) < 4.78 is 52.9. The van der Waals surface area contributed by atoms with E-state index >= 15 is 0 Å². The number of anilines is 6. The van der Waals surface area contributed by atoms with Crippen molar-refractivity contribution in [3.8, 4) is 0 Å². The normalized spacial score (nSPS) is 17.9. The van der Waals surface area contributed by atoms with Gasteiger partial charge in [-0.1, -0.05) is 78.9 Å². The quantitative estimate of drug-likeness (QED) is 0.0934. The molecule has 0 saturated heterocycles. The third-order valence-corrected chi connectivity index (χ3v) is 9.42. The van der Waals surface area contributed by atoms with Crippen molar-refractivity contribution in [2.75, 3.05) is 14.5 Å². The van der Waals surface area contributed by atoms with E-state index in [1.54, 1.807) is 36.4 Å². The van der Waals surface area contributed by atoms with E-state index < -0.39 is 34.4 Å². The van der Waals surface area contributed by atoms with Crippen molar-refractivity contribution in [2.45, 2.75) is 6.04 Å². The zero-order chi connectivity index (χ0) is 36.2. The second-order valence-electron chi connectivity index (χ2n) is 11.7. The Labute approximate surface area is 305 Å². The van der Waals surface area contributed by atoms with Crippen molar-refractivity contribution >= 4 is 68.0 Å². The van der Waals surface area contributed by atoms with E-state index in [1.165, 1.54) is 0 Å². The predicted molar refractivity (Wildman–Crippen MR) is 203 cm³/mol. The molecule has 0 fully saturated rings. The van der Waals surface area contributed by atoms with Gasteiger partial charge in [-0.3, -0.25) is 13.2 Å². The highest BCUT2D eigenvalue weighted by atomic mass is 32.2. The van der Waals surface area contributed by atoms with Crippen LogP contribution in [0.15, 0.2) is 180 Å². The number of ketones is 1. The van der Waals surface area contributed by atoms with Crippen LogP contribution in [0.2, 0.25) is 0 Å². The fraction of sp³-hybridized carbons (Fsp3) is 0.0250. The van der Waals surface area contributed by atoms with Crippen LogP contribution in [0.4, 0.5) is 34.1 Å². The van der Waals surface area contributed by atoms with Gasteiger partial charge in [-0.25, -0.2) is 4.72 Å². The van der Waals surface area contributed by atoms with Crippen molar-refractivity contribution in [3.05, 3.63) is 186 Å². The highest BCUT2D eigenvalue weighted by Gasteiger charge is 2.40. The summed E-state index contributed by atoms with van der Waals surface area (Å²) in [6, 6.07) is 41.9. The molecule has 0 spiro atoms. The number of nitrogens with zero attached hydrogens (tertiary/aromatic N) is 2. The molecule has 5 aromatic rings. The SMILES string of the molecule is O=C1C(c2ccc(N(c3ccccc3)c3ccccc3)cc2NS(=O)[O-])=C(O)/C1=C1/C=CC(N(c2ccccc2)c2ccccc2)=CC1NS(=O)[O-]. The molecule has 0 bridgehead atoms. The van der Waals surface area contributed by atoms with Crippen LogP contribution in [0.3, 0.4) is 0 Å². The number of benzene rings is 5. The molecular weight excluding hydrogens is 697 g/mol. The Hall–Kier alpha value is -5.89. The Morgan fingerprint density at radius 2 is 1.10 bits per heavy atom. The molecule has 260 valence electrons. The minimum Gasteiger partial charge on any atom is -0.760 e. The molecule has 12 heteroatoms. The third-order valence-electron chi connectivity index (χ3n) is 8.59. The Balaban J connectivity index is 1.30. The lowest BCUT2D eigenvalue weighted by atomic mass is 9.78. The van der Waals surface area contributed by atoms with Gasteiger partial charge in [0, 0.05) is 62.2 Å². The molecule has 0 amide bonds. The van der Waals surface area contributed by atoms with Crippen molar-refractivity contribution in [2.24, 2.45) is 0 Å². The number of allylic oxidation sites excluding steroid dienone is 3. The van der Waals surface area contributed by atoms with Gasteiger partial charge in [0.1, 0.15) is 5.76 Å². The summed E-state index contributed by atoms with van der Waals surface area (Å²) in [6.45, 7) is 0. The summed E-state index contributed by atoms with van der Waals surface area (Å²) in [5.74, 6) is -0.959. The Morgan fingerprint density at radius 1 is 0.596 bits per heavy atom. The lowest BCUT2D eigenvalue weighted by Crippen LogP contribution is -2.36. The molecule has 2 aliphatic rings. The third kappa shape index (κ3) is 7.01. The monoisotopic (exact) mass is 726 g/mol. The van der Waals surface area contributed by atoms with E-state index in [1.807, 2.05) is 131 Å². The maximum absolute atomic E-state index is 13.9. The summed E-state index contributed by atoms with van der Waals surface area (Å²) >= 11 is -5.50. The van der Waals surface area contributed by atoms with Crippen molar-refractivity contribution in [1.82, 2.24) is 4.72 Å². The van der Waals surface area contributed by atoms with Crippen LogP contribution in [-0.4, -0.2) is 34.5 Å². The summed E-state index contributed by atoms with van der Waals surface area (Å²) in [7, 11) is 0. The summed E-state index contributed by atoms with van der Waals surface area (Å²) in [6.07, 6.45) is 5.02. The van der Waals surface area contributed by atoms with Crippen LogP contribution < -0.4 is 19.2 Å². The Bertz CT molecular complexity index is 2220. The number of para-hydroxylation sites is 4. The average Bonchev–Trinajstić information content (AvgIpc) is 3.15. The number of carbonyl (C=O) groups is 1. The maximum Gasteiger partial charge on any atom is 0.201 e. The van der Waals surface area contributed by atoms with Crippen molar-refractivity contribution < 1.29 is 27.4 Å². The number of nitrogens with one attached hydrogen (secondary N) is 2. The van der Waals surface area contributed by atoms with E-state index in [0.29, 0.717) is 11.4 Å². The number of Topliss-reactive ketones (excluding diaryl/α,β-unsaturated/α-hetero) is 1. The topological polar surface area (TPSA) is 148 Å². The lowest BCUT2D eigenvalue weighted by molar-refractivity contribution is -0.111. The first kappa shape index (κ1) is 34.6. The summed E-state index contributed by atoms with van der Waals surface area (Å²) in [5, 5.41) is 11.5. The number of aliphatic hydroxyl groups is 1. The minimum atomic E-state index is -2.77. The second-order valence-corrected chi connectivity index (χ2v) is 13.1. The molecule has 0 saturated carbocycles. The molecule has 52 heavy (non-hydrogen) atoms. The van der Waals surface area contributed by atoms with Gasteiger partial charge in [0.25, 0.3) is 0 Å². The smallest absolute Gasteiger partial charge is 0.201 e. The molecule has 0 heterocycles. The van der Waals surface area contributed by atoms with Gasteiger partial charge in [0.2, 0.25) is 5.78 Å². The number of rotatable bonds is 11. The van der Waals surface area contributed by atoms with Crippen LogP contribution in [0.25, 0.3) is 5.57 Å². The highest BCUT2D eigenvalue weighted by molar-refractivity contribution is 7.80. The van der Waals surface area contributed by atoms with Gasteiger partial charge in [-0.05, 0) is 84.5 Å². The fourth-order valence-electron chi connectivity index (χ4n) is 6.37. The predicted octanol–water partition coefficient (Wildman–Crippen LogP) is 7.56. The van der Waals surface area contributed by atoms with Gasteiger partial charge in [0.15, 0.2) is 0 Å². The van der Waals surface area contributed by atoms with Crippen LogP contribution in [0.5, 0.6) is 0 Å². The molecule has 5 aromatic carbocycles. The second kappa shape index (κ2) is 15.2. The highest BCUT2D eigenvalue weighted by Crippen LogP contribution is 2.45. The summed E-state index contributed by atoms with van der Waals surface area (Å²) in [5.41, 5.74) is 4.78. The molecule has 3 N–H and O–H groups in total. The van der Waals surface area contributed by atoms with Crippen LogP contribution in [0.1, 0.15) is 5.56 Å². The standard InChI is InChI=1S/C40H32N4O6S2/c45-39-37(33-23-21-31(25-35(33)41-51(47)48)43(27-13-5-1-6-14-27)28-15-7-2-8-16-28)40(46)38(39)34-24-22-32(26-36(34)42-52(49)50)44(29-17-9-3-10-18-29)30-19-11-4-12-20-30/h1-26,35,41-42,45H,(H,47,48)(H,49,50)/p-2/b37-33+. The Kier molecular flexibility index (Phi) is 10.1. The van der Waals surface area contributed by atoms with E-state index in [-0.39, 0.29) is 33.7 Å². The molecule has 3 atom stereocenters. The average molecular weight is 727 g/mol. The van der Waals surface area contributed by atoms with Gasteiger partial charge < -0.3 is 28.7 Å². The molecule has 0 aliphatic heterocycles. The first-order valence-electron chi connectivity index (χ1n) is 16.1. The lowest BCUT2D eigenvalue weighted by Gasteiger charge is -2.33. The minimum absolute atomic E-state index is 0.0692. The van der Waals surface area contributed by atoms with E-state index in [0.717, 1.165) is 22.7 Å². The maximum atomic E-state index is 13.9. The molecule has 3 unspecified atom stereocenters. The van der Waals surface area contributed by atoms with Crippen LogP contribution in [-0.2, 0) is 27.3 Å². The Morgan fingerprint density at radius 3 is 1.56 bits per heavy atom. The molecule has 0 aromatic heterocycles. The number of hydrogen-bond donors (Lipinski definition) is 3. The molecular formula is C40H30N4O6S2-2. The molecule has 0 radical (unpaired) electrons. The number of carbonyl (C=O) groups excluding carboxylic acids is 1. The van der Waals surface area contributed by atoms with Gasteiger partial charge in [-0.2, -0.15) is 0 Å². The first-order valence-corrected chi connectivity index (χ1v) is 18.2.